The summed E-state index contributed by atoms with van der Waals surface area (Å²) in [4.78, 5) is 0. The molecule has 0 radical (unpaired) electrons. The van der Waals surface area contributed by atoms with Crippen LogP contribution < -0.4 is 4.72 Å². The van der Waals surface area contributed by atoms with Gasteiger partial charge in [-0.05, 0) is 80.3 Å². The SMILES string of the molecule is C[C@@H](NS(=O)(=O)/C=C/c1ccccc1)C12CC3CC(CC(C3)C1)C2. The molecule has 4 fully saturated rings. The summed E-state index contributed by atoms with van der Waals surface area (Å²) in [5, 5.41) is 1.32. The molecule has 0 heterocycles. The highest BCUT2D eigenvalue weighted by Gasteiger charge is 2.53. The van der Waals surface area contributed by atoms with Gasteiger partial charge in [-0.3, -0.25) is 0 Å². The van der Waals surface area contributed by atoms with E-state index in [0.717, 1.165) is 23.3 Å². The molecule has 0 aliphatic heterocycles. The highest BCUT2D eigenvalue weighted by Crippen LogP contribution is 2.61. The summed E-state index contributed by atoms with van der Waals surface area (Å²) in [6.07, 6.45) is 9.46. The van der Waals surface area contributed by atoms with Crippen molar-refractivity contribution in [2.45, 2.75) is 51.5 Å². The quantitative estimate of drug-likeness (QED) is 0.870. The first-order chi connectivity index (χ1) is 11.4. The van der Waals surface area contributed by atoms with Crippen LogP contribution in [0.1, 0.15) is 51.0 Å². The molecular formula is C20H27NO2S. The van der Waals surface area contributed by atoms with E-state index in [2.05, 4.69) is 11.6 Å². The van der Waals surface area contributed by atoms with E-state index in [1.165, 1.54) is 43.9 Å². The van der Waals surface area contributed by atoms with E-state index in [4.69, 9.17) is 0 Å². The minimum atomic E-state index is -3.40. The van der Waals surface area contributed by atoms with Crippen molar-refractivity contribution in [1.29, 1.82) is 0 Å². The molecule has 130 valence electrons. The lowest BCUT2D eigenvalue weighted by Crippen LogP contribution is -2.55. The maximum atomic E-state index is 12.5. The van der Waals surface area contributed by atoms with Crippen LogP contribution >= 0.6 is 0 Å². The predicted octanol–water partition coefficient (Wildman–Crippen LogP) is 4.18. The molecule has 1 atom stereocenters. The molecule has 1 aromatic carbocycles. The van der Waals surface area contributed by atoms with Crippen LogP contribution in [0.2, 0.25) is 0 Å². The maximum absolute atomic E-state index is 12.5. The molecule has 1 N–H and O–H groups in total. The van der Waals surface area contributed by atoms with E-state index in [9.17, 15) is 8.42 Å². The van der Waals surface area contributed by atoms with Crippen LogP contribution in [0.5, 0.6) is 0 Å². The highest BCUT2D eigenvalue weighted by molar-refractivity contribution is 7.92. The van der Waals surface area contributed by atoms with Crippen LogP contribution in [0.4, 0.5) is 0 Å². The van der Waals surface area contributed by atoms with Gasteiger partial charge in [-0.25, -0.2) is 13.1 Å². The molecule has 4 aliphatic rings. The van der Waals surface area contributed by atoms with Crippen molar-refractivity contribution in [3.8, 4) is 0 Å². The average Bonchev–Trinajstić information content (AvgIpc) is 2.52. The molecule has 0 spiro atoms. The van der Waals surface area contributed by atoms with Gasteiger partial charge in [0.15, 0.2) is 0 Å². The van der Waals surface area contributed by atoms with Gasteiger partial charge >= 0.3 is 0 Å². The molecule has 24 heavy (non-hydrogen) atoms. The number of rotatable bonds is 5. The van der Waals surface area contributed by atoms with E-state index in [1.807, 2.05) is 30.3 Å². The molecule has 1 aromatic rings. The van der Waals surface area contributed by atoms with Gasteiger partial charge in [0.25, 0.3) is 0 Å². The van der Waals surface area contributed by atoms with Crippen LogP contribution in [-0.2, 0) is 10.0 Å². The normalized spacial score (nSPS) is 36.3. The van der Waals surface area contributed by atoms with Crippen molar-refractivity contribution >= 4 is 16.1 Å². The molecule has 4 aliphatic carbocycles. The molecule has 0 amide bonds. The fourth-order valence-electron chi connectivity index (χ4n) is 5.85. The lowest BCUT2D eigenvalue weighted by atomic mass is 9.48. The summed E-state index contributed by atoms with van der Waals surface area (Å²) in [5.41, 5.74) is 1.10. The Labute approximate surface area is 145 Å². The zero-order valence-corrected chi connectivity index (χ0v) is 15.1. The van der Waals surface area contributed by atoms with Crippen LogP contribution in [-0.4, -0.2) is 14.5 Å². The Bertz CT molecular complexity index is 688. The first-order valence-electron chi connectivity index (χ1n) is 9.20. The van der Waals surface area contributed by atoms with E-state index >= 15 is 0 Å². The van der Waals surface area contributed by atoms with Crippen molar-refractivity contribution in [2.24, 2.45) is 23.2 Å². The van der Waals surface area contributed by atoms with Gasteiger partial charge in [0, 0.05) is 11.4 Å². The second-order valence-corrected chi connectivity index (χ2v) is 9.98. The Morgan fingerprint density at radius 1 is 1.04 bits per heavy atom. The van der Waals surface area contributed by atoms with Gasteiger partial charge < -0.3 is 0 Å². The second kappa shape index (κ2) is 5.99. The molecule has 5 rings (SSSR count). The Balaban J connectivity index is 1.47. The van der Waals surface area contributed by atoms with Crippen LogP contribution in [0.15, 0.2) is 35.7 Å². The number of hydrogen-bond donors (Lipinski definition) is 1. The van der Waals surface area contributed by atoms with Gasteiger partial charge in [-0.2, -0.15) is 0 Å². The van der Waals surface area contributed by atoms with Gasteiger partial charge in [0.1, 0.15) is 0 Å². The van der Waals surface area contributed by atoms with E-state index in [-0.39, 0.29) is 11.5 Å². The maximum Gasteiger partial charge on any atom is 0.233 e. The van der Waals surface area contributed by atoms with Gasteiger partial charge in [-0.15, -0.1) is 0 Å². The fraction of sp³-hybridized carbons (Fsp3) is 0.600. The van der Waals surface area contributed by atoms with Gasteiger partial charge in [-0.1, -0.05) is 30.3 Å². The molecule has 0 saturated heterocycles. The molecule has 0 unspecified atom stereocenters. The van der Waals surface area contributed by atoms with Crippen LogP contribution in [0, 0.1) is 23.2 Å². The third kappa shape index (κ3) is 3.18. The smallest absolute Gasteiger partial charge is 0.208 e. The van der Waals surface area contributed by atoms with Crippen molar-refractivity contribution < 1.29 is 8.42 Å². The summed E-state index contributed by atoms with van der Waals surface area (Å²) >= 11 is 0. The van der Waals surface area contributed by atoms with Crippen LogP contribution in [0.3, 0.4) is 0 Å². The number of nitrogens with one attached hydrogen (secondary N) is 1. The van der Waals surface area contributed by atoms with E-state index in [1.54, 1.807) is 6.08 Å². The summed E-state index contributed by atoms with van der Waals surface area (Å²) in [7, 11) is -3.40. The zero-order valence-electron chi connectivity index (χ0n) is 14.3. The Morgan fingerprint density at radius 3 is 2.12 bits per heavy atom. The van der Waals surface area contributed by atoms with E-state index in [0.29, 0.717) is 0 Å². The van der Waals surface area contributed by atoms with Gasteiger partial charge in [0.2, 0.25) is 10.0 Å². The Morgan fingerprint density at radius 2 is 1.58 bits per heavy atom. The summed E-state index contributed by atoms with van der Waals surface area (Å²) in [6.45, 7) is 2.08. The number of hydrogen-bond acceptors (Lipinski definition) is 2. The third-order valence-corrected chi connectivity index (χ3v) is 7.76. The van der Waals surface area contributed by atoms with Crippen molar-refractivity contribution in [2.75, 3.05) is 0 Å². The topological polar surface area (TPSA) is 46.2 Å². The highest BCUT2D eigenvalue weighted by atomic mass is 32.2. The minimum Gasteiger partial charge on any atom is -0.208 e. The molecule has 4 heteroatoms. The van der Waals surface area contributed by atoms with Crippen LogP contribution in [0.25, 0.3) is 6.08 Å². The lowest BCUT2D eigenvalue weighted by molar-refractivity contribution is -0.0665. The third-order valence-electron chi connectivity index (χ3n) is 6.58. The van der Waals surface area contributed by atoms with E-state index < -0.39 is 10.0 Å². The first kappa shape index (κ1) is 16.3. The van der Waals surface area contributed by atoms with Crippen molar-refractivity contribution in [3.05, 3.63) is 41.3 Å². The number of sulfonamides is 1. The predicted molar refractivity (Wildman–Crippen MR) is 97.6 cm³/mol. The molecule has 0 aromatic heterocycles. The Hall–Kier alpha value is -1.13. The second-order valence-electron chi connectivity index (χ2n) is 8.38. The molecule has 4 saturated carbocycles. The van der Waals surface area contributed by atoms with Crippen molar-refractivity contribution in [1.82, 2.24) is 4.72 Å². The summed E-state index contributed by atoms with van der Waals surface area (Å²) in [5.74, 6) is 2.51. The standard InChI is InChI=1S/C20H27NO2S/c1-15(20-12-17-9-18(13-20)11-19(10-17)14-20)21-24(22,23)8-7-16-5-3-2-4-6-16/h2-8,15,17-19,21H,9-14H2,1H3/b8-7+/t15-,17?,18?,19?,20?/m1/s1. The molecule has 4 bridgehead atoms. The fourth-order valence-corrected chi connectivity index (χ4v) is 7.01. The zero-order chi connectivity index (χ0) is 16.8. The minimum absolute atomic E-state index is 0.0244. The first-order valence-corrected chi connectivity index (χ1v) is 10.7. The molecular weight excluding hydrogens is 318 g/mol. The lowest BCUT2D eigenvalue weighted by Gasteiger charge is -2.59. The average molecular weight is 346 g/mol. The summed E-state index contributed by atoms with van der Waals surface area (Å²) < 4.78 is 28.0. The largest absolute Gasteiger partial charge is 0.233 e. The van der Waals surface area contributed by atoms with Gasteiger partial charge in [0.05, 0.1) is 0 Å². The Kier molecular flexibility index (Phi) is 4.08. The monoisotopic (exact) mass is 345 g/mol. The molecule has 3 nitrogen and oxygen atoms in total. The van der Waals surface area contributed by atoms with Crippen molar-refractivity contribution in [3.63, 3.8) is 0 Å². The summed E-state index contributed by atoms with van der Waals surface area (Å²) in [6, 6.07) is 9.61. The number of benzene rings is 1.